The van der Waals surface area contributed by atoms with Crippen molar-refractivity contribution in [3.05, 3.63) is 69.3 Å². The molecule has 2 aromatic carbocycles. The van der Waals surface area contributed by atoms with Gasteiger partial charge in [-0.05, 0) is 53.7 Å². The van der Waals surface area contributed by atoms with Crippen LogP contribution in [0.2, 0.25) is 5.02 Å². The van der Waals surface area contributed by atoms with Gasteiger partial charge in [0.2, 0.25) is 0 Å². The van der Waals surface area contributed by atoms with Crippen LogP contribution in [0.4, 0.5) is 4.39 Å². The van der Waals surface area contributed by atoms with Crippen LogP contribution in [0.15, 0.2) is 52.4 Å². The quantitative estimate of drug-likeness (QED) is 0.835. The summed E-state index contributed by atoms with van der Waals surface area (Å²) in [6, 6.07) is 11.1. The minimum Gasteiger partial charge on any atom is -0.488 e. The topological polar surface area (TPSA) is 64.7 Å². The highest BCUT2D eigenvalue weighted by atomic mass is 35.5. The van der Waals surface area contributed by atoms with E-state index in [4.69, 9.17) is 22.1 Å². The molecule has 0 saturated heterocycles. The van der Waals surface area contributed by atoms with Gasteiger partial charge < -0.3 is 10.5 Å². The van der Waals surface area contributed by atoms with Gasteiger partial charge in [0.1, 0.15) is 18.2 Å². The number of benzene rings is 2. The first-order valence-corrected chi connectivity index (χ1v) is 8.15. The summed E-state index contributed by atoms with van der Waals surface area (Å²) in [6.07, 6.45) is 1.64. The highest BCUT2D eigenvalue weighted by Gasteiger charge is 2.20. The zero-order chi connectivity index (χ0) is 17.1. The maximum absolute atomic E-state index is 12.9. The molecule has 4 nitrogen and oxygen atoms in total. The molecule has 0 saturated carbocycles. The number of amidine groups is 1. The van der Waals surface area contributed by atoms with Crippen molar-refractivity contribution in [3.8, 4) is 5.75 Å². The Labute approximate surface area is 147 Å². The molecule has 24 heavy (non-hydrogen) atoms. The van der Waals surface area contributed by atoms with Crippen molar-refractivity contribution in [2.24, 2.45) is 10.7 Å². The molecule has 2 N–H and O–H groups in total. The average Bonchev–Trinajstić information content (AvgIpc) is 2.86. The second-order valence-corrected chi connectivity index (χ2v) is 6.46. The molecular formula is C17H12ClFN2O2S. The summed E-state index contributed by atoms with van der Waals surface area (Å²) in [5, 5.41) is 0.724. The van der Waals surface area contributed by atoms with Gasteiger partial charge in [-0.1, -0.05) is 23.7 Å². The lowest BCUT2D eigenvalue weighted by molar-refractivity contribution is -0.113. The Morgan fingerprint density at radius 2 is 2.00 bits per heavy atom. The summed E-state index contributed by atoms with van der Waals surface area (Å²) in [5.41, 5.74) is 7.01. The molecule has 1 aliphatic rings. The molecule has 1 amide bonds. The number of thioether (sulfide) groups is 1. The summed E-state index contributed by atoms with van der Waals surface area (Å²) >= 11 is 7.13. The number of hydrogen-bond donors (Lipinski definition) is 1. The second-order valence-electron chi connectivity index (χ2n) is 4.96. The lowest BCUT2D eigenvalue weighted by Crippen LogP contribution is -2.01. The first kappa shape index (κ1) is 16.5. The average molecular weight is 363 g/mol. The molecule has 0 fully saturated rings. The molecule has 0 aromatic heterocycles. The van der Waals surface area contributed by atoms with Crippen LogP contribution in [0, 0.1) is 5.82 Å². The van der Waals surface area contributed by atoms with E-state index >= 15 is 0 Å². The van der Waals surface area contributed by atoms with Crippen molar-refractivity contribution < 1.29 is 13.9 Å². The monoisotopic (exact) mass is 362 g/mol. The minimum absolute atomic E-state index is 0.210. The number of ether oxygens (including phenoxy) is 1. The minimum atomic E-state index is -0.387. The normalized spacial score (nSPS) is 15.7. The largest absolute Gasteiger partial charge is 0.488 e. The molecule has 122 valence electrons. The van der Waals surface area contributed by atoms with E-state index in [1.165, 1.54) is 12.1 Å². The van der Waals surface area contributed by atoms with Crippen molar-refractivity contribution in [2.45, 2.75) is 6.61 Å². The number of hydrogen-bond acceptors (Lipinski definition) is 4. The summed E-state index contributed by atoms with van der Waals surface area (Å²) in [6.45, 7) is 0.262. The summed E-state index contributed by atoms with van der Waals surface area (Å²) in [4.78, 5) is 15.8. The number of halogens is 2. The first-order valence-electron chi connectivity index (χ1n) is 6.96. The Kier molecular flexibility index (Phi) is 4.87. The number of carbonyl (C=O) groups is 1. The number of rotatable bonds is 4. The van der Waals surface area contributed by atoms with E-state index in [9.17, 15) is 9.18 Å². The standard InChI is InChI=1S/C17H12ClFN2O2S/c18-12-3-6-14(23-9-10-1-4-13(19)5-2-10)11(7-12)8-15-16(22)21-17(20)24-15/h1-8H,9H2,(H2,20,21,22). The fraction of sp³-hybridized carbons (Fsp3) is 0.0588. The molecule has 1 aliphatic heterocycles. The third kappa shape index (κ3) is 3.96. The number of amides is 1. The van der Waals surface area contributed by atoms with Gasteiger partial charge >= 0.3 is 0 Å². The van der Waals surface area contributed by atoms with Crippen molar-refractivity contribution in [2.75, 3.05) is 0 Å². The molecule has 0 atom stereocenters. The van der Waals surface area contributed by atoms with Crippen LogP contribution in [0.1, 0.15) is 11.1 Å². The van der Waals surface area contributed by atoms with Crippen LogP contribution in [0.5, 0.6) is 5.75 Å². The third-order valence-electron chi connectivity index (χ3n) is 3.20. The van der Waals surface area contributed by atoms with Crippen LogP contribution >= 0.6 is 23.4 Å². The molecule has 0 radical (unpaired) electrons. The van der Waals surface area contributed by atoms with E-state index in [-0.39, 0.29) is 23.5 Å². The summed E-state index contributed by atoms with van der Waals surface area (Å²) in [5.74, 6) is -0.137. The highest BCUT2D eigenvalue weighted by Crippen LogP contribution is 2.31. The number of nitrogens with two attached hydrogens (primary N) is 1. The maximum Gasteiger partial charge on any atom is 0.286 e. The highest BCUT2D eigenvalue weighted by molar-refractivity contribution is 8.18. The van der Waals surface area contributed by atoms with E-state index in [2.05, 4.69) is 4.99 Å². The summed E-state index contributed by atoms with van der Waals surface area (Å²) in [7, 11) is 0. The van der Waals surface area contributed by atoms with Crippen molar-refractivity contribution in [1.82, 2.24) is 0 Å². The fourth-order valence-corrected chi connectivity index (χ4v) is 2.93. The predicted octanol–water partition coefficient (Wildman–Crippen LogP) is 3.99. The van der Waals surface area contributed by atoms with Crippen LogP contribution in [0.25, 0.3) is 6.08 Å². The Morgan fingerprint density at radius 1 is 1.25 bits per heavy atom. The fourth-order valence-electron chi connectivity index (χ4n) is 2.07. The number of carbonyl (C=O) groups excluding carboxylic acids is 1. The lowest BCUT2D eigenvalue weighted by atomic mass is 10.1. The zero-order valence-electron chi connectivity index (χ0n) is 12.3. The predicted molar refractivity (Wildman–Crippen MR) is 94.4 cm³/mol. The Bertz CT molecular complexity index is 850. The lowest BCUT2D eigenvalue weighted by Gasteiger charge is -2.10. The van der Waals surface area contributed by atoms with E-state index in [1.807, 2.05) is 0 Å². The van der Waals surface area contributed by atoms with Crippen LogP contribution in [0.3, 0.4) is 0 Å². The molecule has 2 aromatic rings. The maximum atomic E-state index is 12.9. The van der Waals surface area contributed by atoms with E-state index in [1.54, 1.807) is 36.4 Å². The van der Waals surface area contributed by atoms with Gasteiger partial charge in [0.05, 0.1) is 4.91 Å². The molecule has 3 rings (SSSR count). The van der Waals surface area contributed by atoms with Gasteiger partial charge in [0, 0.05) is 10.6 Å². The molecule has 7 heteroatoms. The van der Waals surface area contributed by atoms with Gasteiger partial charge in [-0.2, -0.15) is 4.99 Å². The molecular weight excluding hydrogens is 351 g/mol. The van der Waals surface area contributed by atoms with E-state index in [0.29, 0.717) is 21.2 Å². The molecule has 0 unspecified atom stereocenters. The number of aliphatic imine (C=N–C) groups is 1. The number of nitrogens with zero attached hydrogens (tertiary/aromatic N) is 1. The Balaban J connectivity index is 1.82. The molecule has 0 spiro atoms. The van der Waals surface area contributed by atoms with Gasteiger partial charge in [-0.25, -0.2) is 4.39 Å². The summed E-state index contributed by atoms with van der Waals surface area (Å²) < 4.78 is 18.7. The smallest absolute Gasteiger partial charge is 0.286 e. The van der Waals surface area contributed by atoms with Crippen LogP contribution in [-0.2, 0) is 11.4 Å². The van der Waals surface area contributed by atoms with Crippen LogP contribution in [-0.4, -0.2) is 11.1 Å². The SMILES string of the molecule is NC1=NC(=O)C(=Cc2cc(Cl)ccc2OCc2ccc(F)cc2)S1. The van der Waals surface area contributed by atoms with E-state index < -0.39 is 0 Å². The van der Waals surface area contributed by atoms with E-state index in [0.717, 1.165) is 17.3 Å². The van der Waals surface area contributed by atoms with Crippen LogP contribution < -0.4 is 10.5 Å². The molecule has 1 heterocycles. The first-order chi connectivity index (χ1) is 11.5. The van der Waals surface area contributed by atoms with Crippen molar-refractivity contribution >= 4 is 40.5 Å². The van der Waals surface area contributed by atoms with Gasteiger partial charge in [0.25, 0.3) is 5.91 Å². The zero-order valence-corrected chi connectivity index (χ0v) is 13.9. The van der Waals surface area contributed by atoms with Gasteiger partial charge in [0.15, 0.2) is 5.17 Å². The molecule has 0 bridgehead atoms. The Hall–Kier alpha value is -2.31. The molecule has 0 aliphatic carbocycles. The van der Waals surface area contributed by atoms with Gasteiger partial charge in [-0.15, -0.1) is 0 Å². The Morgan fingerprint density at radius 3 is 2.67 bits per heavy atom. The second kappa shape index (κ2) is 7.07. The third-order valence-corrected chi connectivity index (χ3v) is 4.25. The van der Waals surface area contributed by atoms with Gasteiger partial charge in [-0.3, -0.25) is 4.79 Å². The van der Waals surface area contributed by atoms with Crippen molar-refractivity contribution in [3.63, 3.8) is 0 Å². The van der Waals surface area contributed by atoms with Crippen molar-refractivity contribution in [1.29, 1.82) is 0 Å².